The Hall–Kier alpha value is -3.30. The number of para-hydroxylation sites is 1. The second-order valence-corrected chi connectivity index (χ2v) is 8.51. The van der Waals surface area contributed by atoms with E-state index in [2.05, 4.69) is 70.7 Å². The number of hydrogen-bond acceptors (Lipinski definition) is 2. The molecule has 1 N–H and O–H groups in total. The van der Waals surface area contributed by atoms with Gasteiger partial charge in [0.25, 0.3) is 0 Å². The molecule has 0 aliphatic heterocycles. The number of halogens is 1. The van der Waals surface area contributed by atoms with Crippen LogP contribution in [0.25, 0.3) is 16.9 Å². The number of benzene rings is 3. The molecule has 3 nitrogen and oxygen atoms in total. The van der Waals surface area contributed by atoms with Gasteiger partial charge in [-0.2, -0.15) is 0 Å². The van der Waals surface area contributed by atoms with E-state index in [1.54, 1.807) is 13.0 Å². The molecule has 0 unspecified atom stereocenters. The number of nitrogens with zero attached hydrogens (tertiary/aromatic N) is 1. The average Bonchev–Trinajstić information content (AvgIpc) is 3.43. The van der Waals surface area contributed by atoms with Crippen LogP contribution in [0.4, 0.5) is 5.69 Å². The molecule has 1 fully saturated rings. The molecule has 0 amide bonds. The van der Waals surface area contributed by atoms with Crippen LogP contribution in [0, 0.1) is 0 Å². The van der Waals surface area contributed by atoms with Crippen molar-refractivity contribution in [1.29, 1.82) is 0 Å². The summed E-state index contributed by atoms with van der Waals surface area (Å²) in [6, 6.07) is 28.7. The van der Waals surface area contributed by atoms with Gasteiger partial charge in [0, 0.05) is 28.7 Å². The number of anilines is 1. The van der Waals surface area contributed by atoms with Crippen molar-refractivity contribution in [2.24, 2.45) is 0 Å². The molecule has 31 heavy (non-hydrogen) atoms. The van der Waals surface area contributed by atoms with E-state index in [0.717, 1.165) is 24.2 Å². The van der Waals surface area contributed by atoms with Crippen molar-refractivity contribution in [3.05, 3.63) is 107 Å². The first-order chi connectivity index (χ1) is 15.1. The molecule has 4 heteroatoms. The number of carbonyl (C=O) groups is 1. The summed E-state index contributed by atoms with van der Waals surface area (Å²) in [5.41, 5.74) is 6.08. The summed E-state index contributed by atoms with van der Waals surface area (Å²) in [7, 11) is 0. The van der Waals surface area contributed by atoms with Gasteiger partial charge in [0.2, 0.25) is 0 Å². The second-order valence-electron chi connectivity index (χ2n) is 8.11. The smallest absolute Gasteiger partial charge is 0.161 e. The van der Waals surface area contributed by atoms with Crippen LogP contribution >= 0.6 is 11.6 Å². The number of carbonyl (C=O) groups excluding carboxylic acids is 1. The monoisotopic (exact) mass is 426 g/mol. The Morgan fingerprint density at radius 2 is 1.61 bits per heavy atom. The highest BCUT2D eigenvalue weighted by Gasteiger charge is 2.47. The van der Waals surface area contributed by atoms with Crippen LogP contribution in [-0.2, 0) is 5.54 Å². The zero-order valence-corrected chi connectivity index (χ0v) is 18.1. The van der Waals surface area contributed by atoms with E-state index in [9.17, 15) is 4.79 Å². The second kappa shape index (κ2) is 7.75. The van der Waals surface area contributed by atoms with Gasteiger partial charge in [0.1, 0.15) is 0 Å². The van der Waals surface area contributed by atoms with Gasteiger partial charge in [-0.3, -0.25) is 4.79 Å². The van der Waals surface area contributed by atoms with Crippen LogP contribution in [-0.4, -0.2) is 10.4 Å². The Labute approximate surface area is 187 Å². The average molecular weight is 427 g/mol. The van der Waals surface area contributed by atoms with Crippen LogP contribution in [0.3, 0.4) is 0 Å². The van der Waals surface area contributed by atoms with Crippen molar-refractivity contribution in [2.75, 3.05) is 5.32 Å². The number of nitrogens with one attached hydrogen (secondary N) is 1. The fourth-order valence-electron chi connectivity index (χ4n) is 4.25. The van der Waals surface area contributed by atoms with Gasteiger partial charge >= 0.3 is 0 Å². The van der Waals surface area contributed by atoms with Crippen LogP contribution in [0.2, 0.25) is 5.02 Å². The molecule has 0 spiro atoms. The normalized spacial score (nSPS) is 14.3. The van der Waals surface area contributed by atoms with Crippen LogP contribution in [0.5, 0.6) is 0 Å². The lowest BCUT2D eigenvalue weighted by Crippen LogP contribution is -2.19. The molecule has 1 heterocycles. The summed E-state index contributed by atoms with van der Waals surface area (Å²) in [6.45, 7) is 1.55. The molecule has 0 radical (unpaired) electrons. The molecule has 4 aromatic rings. The number of hydrogen-bond donors (Lipinski definition) is 1. The van der Waals surface area contributed by atoms with E-state index in [1.165, 1.54) is 16.8 Å². The van der Waals surface area contributed by atoms with Gasteiger partial charge in [-0.1, -0.05) is 60.1 Å². The minimum Gasteiger partial charge on any atom is -0.375 e. The highest BCUT2D eigenvalue weighted by Crippen LogP contribution is 2.52. The molecule has 3 aromatic carbocycles. The van der Waals surface area contributed by atoms with Crippen LogP contribution in [0.15, 0.2) is 91.1 Å². The summed E-state index contributed by atoms with van der Waals surface area (Å²) in [6.07, 6.45) is 4.21. The highest BCUT2D eigenvalue weighted by molar-refractivity contribution is 6.34. The molecule has 0 atom stereocenters. The molecule has 5 rings (SSSR count). The summed E-state index contributed by atoms with van der Waals surface area (Å²) in [4.78, 5) is 12.0. The van der Waals surface area contributed by atoms with Crippen molar-refractivity contribution < 1.29 is 4.79 Å². The standard InChI is InChI=1S/C27H23ClN2O/c1-19(31)23-18-21(12-13-25(23)28)29-27(15-16-27)24-14-17-30(22-10-6-3-7-11-22)26(24)20-8-4-2-5-9-20/h2-14,17-18,29H,15-16H2,1H3. The zero-order chi connectivity index (χ0) is 21.4. The maximum atomic E-state index is 12.0. The third-order valence-corrected chi connectivity index (χ3v) is 6.29. The third kappa shape index (κ3) is 3.66. The SMILES string of the molecule is CC(=O)c1cc(NC2(c3ccn(-c4ccccc4)c3-c3ccccc3)CC2)ccc1Cl. The van der Waals surface area contributed by atoms with Crippen molar-refractivity contribution in [3.8, 4) is 16.9 Å². The van der Waals surface area contributed by atoms with Crippen LogP contribution < -0.4 is 5.32 Å². The van der Waals surface area contributed by atoms with Crippen molar-refractivity contribution >= 4 is 23.1 Å². The van der Waals surface area contributed by atoms with Gasteiger partial charge in [-0.05, 0) is 61.7 Å². The first-order valence-electron chi connectivity index (χ1n) is 10.5. The maximum absolute atomic E-state index is 12.0. The molecule has 0 bridgehead atoms. The molecule has 0 saturated heterocycles. The lowest BCUT2D eigenvalue weighted by molar-refractivity contribution is 0.101. The Bertz CT molecular complexity index is 1240. The van der Waals surface area contributed by atoms with E-state index in [0.29, 0.717) is 10.6 Å². The minimum absolute atomic E-state index is 0.0290. The van der Waals surface area contributed by atoms with Crippen molar-refractivity contribution in [3.63, 3.8) is 0 Å². The molecule has 1 aliphatic rings. The van der Waals surface area contributed by atoms with Crippen molar-refractivity contribution in [2.45, 2.75) is 25.3 Å². The topological polar surface area (TPSA) is 34.0 Å². The van der Waals surface area contributed by atoms with Crippen molar-refractivity contribution in [1.82, 2.24) is 4.57 Å². The largest absolute Gasteiger partial charge is 0.375 e. The number of rotatable bonds is 6. The van der Waals surface area contributed by atoms with E-state index >= 15 is 0 Å². The van der Waals surface area contributed by atoms with Gasteiger partial charge in [0.15, 0.2) is 5.78 Å². The van der Waals surface area contributed by atoms with Gasteiger partial charge in [-0.25, -0.2) is 0 Å². The predicted molar refractivity (Wildman–Crippen MR) is 127 cm³/mol. The van der Waals surface area contributed by atoms with E-state index in [1.807, 2.05) is 24.3 Å². The first-order valence-corrected chi connectivity index (χ1v) is 10.9. The molecular weight excluding hydrogens is 404 g/mol. The number of ketones is 1. The highest BCUT2D eigenvalue weighted by atomic mass is 35.5. The Balaban J connectivity index is 1.60. The van der Waals surface area contributed by atoms with Gasteiger partial charge in [0.05, 0.1) is 16.3 Å². The Kier molecular flexibility index (Phi) is 4.91. The minimum atomic E-state index is -0.160. The lowest BCUT2D eigenvalue weighted by atomic mass is 9.99. The fraction of sp³-hybridized carbons (Fsp3) is 0.148. The Morgan fingerprint density at radius 1 is 0.935 bits per heavy atom. The van der Waals surface area contributed by atoms with Gasteiger partial charge in [-0.15, -0.1) is 0 Å². The molecule has 1 aliphatic carbocycles. The summed E-state index contributed by atoms with van der Waals surface area (Å²) >= 11 is 6.22. The molecule has 1 saturated carbocycles. The third-order valence-electron chi connectivity index (χ3n) is 5.96. The first kappa shape index (κ1) is 19.7. The van der Waals surface area contributed by atoms with E-state index in [-0.39, 0.29) is 11.3 Å². The number of aromatic nitrogens is 1. The molecule has 1 aromatic heterocycles. The van der Waals surface area contributed by atoms with E-state index in [4.69, 9.17) is 11.6 Å². The number of Topliss-reactive ketones (excluding diaryl/α,β-unsaturated/α-hetero) is 1. The molecule has 154 valence electrons. The Morgan fingerprint density at radius 3 is 2.26 bits per heavy atom. The fourth-order valence-corrected chi connectivity index (χ4v) is 4.50. The van der Waals surface area contributed by atoms with Crippen LogP contribution in [0.1, 0.15) is 35.7 Å². The summed E-state index contributed by atoms with van der Waals surface area (Å²) in [5, 5.41) is 4.21. The quantitative estimate of drug-likeness (QED) is 0.333. The summed E-state index contributed by atoms with van der Waals surface area (Å²) < 4.78 is 2.26. The maximum Gasteiger partial charge on any atom is 0.161 e. The summed E-state index contributed by atoms with van der Waals surface area (Å²) in [5.74, 6) is -0.0290. The lowest BCUT2D eigenvalue weighted by Gasteiger charge is -2.22. The zero-order valence-electron chi connectivity index (χ0n) is 17.3. The van der Waals surface area contributed by atoms with Gasteiger partial charge < -0.3 is 9.88 Å². The molecular formula is C27H23ClN2O. The van der Waals surface area contributed by atoms with E-state index < -0.39 is 0 Å². The predicted octanol–water partition coefficient (Wildman–Crippen LogP) is 7.10.